The van der Waals surface area contributed by atoms with Crippen LogP contribution in [0.2, 0.25) is 0 Å². The van der Waals surface area contributed by atoms with Crippen LogP contribution in [0.5, 0.6) is 0 Å². The second-order valence-corrected chi connectivity index (χ2v) is 3.81. The molecule has 1 aliphatic carbocycles. The fourth-order valence-electron chi connectivity index (χ4n) is 2.42. The summed E-state index contributed by atoms with van der Waals surface area (Å²) >= 11 is 0. The molecule has 0 aromatic heterocycles. The maximum Gasteiger partial charge on any atom is 0.0579 e. The molecule has 1 heteroatoms. The number of hydrogen-bond donors (Lipinski definition) is 0. The third-order valence-corrected chi connectivity index (χ3v) is 3.11. The molecule has 0 N–H and O–H groups in total. The zero-order chi connectivity index (χ0) is 7.68. The molecule has 1 saturated heterocycles. The summed E-state index contributed by atoms with van der Waals surface area (Å²) in [5, 5.41) is 0. The highest BCUT2D eigenvalue weighted by Crippen LogP contribution is 2.39. The van der Waals surface area contributed by atoms with E-state index in [4.69, 9.17) is 4.74 Å². The van der Waals surface area contributed by atoms with Crippen molar-refractivity contribution in [1.82, 2.24) is 0 Å². The van der Waals surface area contributed by atoms with E-state index in [1.54, 1.807) is 0 Å². The molecule has 3 unspecified atom stereocenters. The van der Waals surface area contributed by atoms with E-state index < -0.39 is 0 Å². The summed E-state index contributed by atoms with van der Waals surface area (Å²) in [6, 6.07) is 0. The highest BCUT2D eigenvalue weighted by molar-refractivity contribution is 4.88. The first-order valence-corrected chi connectivity index (χ1v) is 4.62. The van der Waals surface area contributed by atoms with Crippen molar-refractivity contribution in [2.24, 2.45) is 11.8 Å². The van der Waals surface area contributed by atoms with Crippen molar-refractivity contribution in [1.29, 1.82) is 0 Å². The highest BCUT2D eigenvalue weighted by atomic mass is 16.5. The predicted molar refractivity (Wildman–Crippen MR) is 45.4 cm³/mol. The minimum absolute atomic E-state index is 0.612. The molecule has 0 aromatic rings. The summed E-state index contributed by atoms with van der Waals surface area (Å²) in [6.45, 7) is 4.81. The normalized spacial score (nSPS) is 42.4. The molecular formula is C10H16O. The molecule has 2 bridgehead atoms. The number of hydrogen-bond acceptors (Lipinski definition) is 1. The number of fused-ring (bicyclic) bond motifs is 2. The molecule has 0 spiro atoms. The lowest BCUT2D eigenvalue weighted by molar-refractivity contribution is 0.107. The van der Waals surface area contributed by atoms with Crippen molar-refractivity contribution < 1.29 is 4.74 Å². The van der Waals surface area contributed by atoms with E-state index in [1.165, 1.54) is 25.7 Å². The summed E-state index contributed by atoms with van der Waals surface area (Å²) in [4.78, 5) is 0. The van der Waals surface area contributed by atoms with Crippen LogP contribution in [0, 0.1) is 11.8 Å². The summed E-state index contributed by atoms with van der Waals surface area (Å²) in [6.07, 6.45) is 7.83. The zero-order valence-corrected chi connectivity index (χ0v) is 6.96. The number of rotatable bonds is 2. The summed E-state index contributed by atoms with van der Waals surface area (Å²) < 4.78 is 5.62. The molecule has 0 radical (unpaired) electrons. The standard InChI is InChI=1S/C10H16O/c1-2-3-8-4-5-10-6-9(8)7-11-10/h2,8-10H,1,3-7H2. The average Bonchev–Trinajstić information content (AvgIpc) is 2.40. The Kier molecular flexibility index (Phi) is 1.99. The van der Waals surface area contributed by atoms with Gasteiger partial charge in [0, 0.05) is 0 Å². The van der Waals surface area contributed by atoms with Gasteiger partial charge in [-0.15, -0.1) is 6.58 Å². The third kappa shape index (κ3) is 1.34. The van der Waals surface area contributed by atoms with Gasteiger partial charge in [0.15, 0.2) is 0 Å². The second kappa shape index (κ2) is 2.98. The lowest BCUT2D eigenvalue weighted by atomic mass is 9.79. The smallest absolute Gasteiger partial charge is 0.0579 e. The van der Waals surface area contributed by atoms with Crippen molar-refractivity contribution in [3.8, 4) is 0 Å². The Labute approximate surface area is 68.4 Å². The van der Waals surface area contributed by atoms with Crippen LogP contribution in [0.15, 0.2) is 12.7 Å². The van der Waals surface area contributed by atoms with Gasteiger partial charge in [-0.2, -0.15) is 0 Å². The van der Waals surface area contributed by atoms with Gasteiger partial charge in [-0.05, 0) is 37.5 Å². The predicted octanol–water partition coefficient (Wildman–Crippen LogP) is 2.38. The number of ether oxygens (including phenoxy) is 1. The van der Waals surface area contributed by atoms with Gasteiger partial charge in [0.05, 0.1) is 12.7 Å². The minimum atomic E-state index is 0.612. The van der Waals surface area contributed by atoms with Gasteiger partial charge in [-0.3, -0.25) is 0 Å². The van der Waals surface area contributed by atoms with Gasteiger partial charge in [0.1, 0.15) is 0 Å². The fourth-order valence-corrected chi connectivity index (χ4v) is 2.42. The fraction of sp³-hybridized carbons (Fsp3) is 0.800. The van der Waals surface area contributed by atoms with E-state index in [0.717, 1.165) is 18.4 Å². The van der Waals surface area contributed by atoms with Crippen molar-refractivity contribution >= 4 is 0 Å². The monoisotopic (exact) mass is 152 g/mol. The molecule has 2 aliphatic rings. The molecule has 2 fully saturated rings. The van der Waals surface area contributed by atoms with E-state index >= 15 is 0 Å². The maximum absolute atomic E-state index is 5.62. The maximum atomic E-state index is 5.62. The van der Waals surface area contributed by atoms with Crippen LogP contribution >= 0.6 is 0 Å². The van der Waals surface area contributed by atoms with Crippen molar-refractivity contribution in [2.75, 3.05) is 6.61 Å². The minimum Gasteiger partial charge on any atom is -0.378 e. The van der Waals surface area contributed by atoms with E-state index in [9.17, 15) is 0 Å². The first kappa shape index (κ1) is 7.35. The molecule has 1 heterocycles. The largest absolute Gasteiger partial charge is 0.378 e. The topological polar surface area (TPSA) is 9.23 Å². The lowest BCUT2D eigenvalue weighted by Crippen LogP contribution is -2.20. The van der Waals surface area contributed by atoms with Gasteiger partial charge in [-0.25, -0.2) is 0 Å². The van der Waals surface area contributed by atoms with Crippen LogP contribution in [-0.4, -0.2) is 12.7 Å². The van der Waals surface area contributed by atoms with E-state index in [1.807, 2.05) is 0 Å². The zero-order valence-electron chi connectivity index (χ0n) is 6.96. The first-order chi connectivity index (χ1) is 5.40. The Morgan fingerprint density at radius 2 is 2.36 bits per heavy atom. The van der Waals surface area contributed by atoms with E-state index in [0.29, 0.717) is 6.10 Å². The number of allylic oxidation sites excluding steroid dienone is 1. The van der Waals surface area contributed by atoms with Crippen LogP contribution in [0.1, 0.15) is 25.7 Å². The van der Waals surface area contributed by atoms with Gasteiger partial charge >= 0.3 is 0 Å². The van der Waals surface area contributed by atoms with Crippen molar-refractivity contribution in [3.63, 3.8) is 0 Å². The molecule has 62 valence electrons. The van der Waals surface area contributed by atoms with Gasteiger partial charge in [-0.1, -0.05) is 6.08 Å². The van der Waals surface area contributed by atoms with Crippen molar-refractivity contribution in [2.45, 2.75) is 31.8 Å². The Balaban J connectivity index is 1.95. The van der Waals surface area contributed by atoms with E-state index in [2.05, 4.69) is 12.7 Å². The van der Waals surface area contributed by atoms with Crippen molar-refractivity contribution in [3.05, 3.63) is 12.7 Å². The van der Waals surface area contributed by atoms with Crippen LogP contribution < -0.4 is 0 Å². The molecule has 11 heavy (non-hydrogen) atoms. The van der Waals surface area contributed by atoms with Crippen LogP contribution in [0.4, 0.5) is 0 Å². The molecular weight excluding hydrogens is 136 g/mol. The molecule has 1 saturated carbocycles. The molecule has 3 atom stereocenters. The Morgan fingerprint density at radius 1 is 1.45 bits per heavy atom. The van der Waals surface area contributed by atoms with Crippen LogP contribution in [0.3, 0.4) is 0 Å². The first-order valence-electron chi connectivity index (χ1n) is 4.62. The summed E-state index contributed by atoms with van der Waals surface area (Å²) in [5.41, 5.74) is 0. The molecule has 1 nitrogen and oxygen atoms in total. The Hall–Kier alpha value is -0.300. The molecule has 2 rings (SSSR count). The Morgan fingerprint density at radius 3 is 3.18 bits per heavy atom. The second-order valence-electron chi connectivity index (χ2n) is 3.81. The van der Waals surface area contributed by atoms with Gasteiger partial charge in [0.25, 0.3) is 0 Å². The molecule has 1 aliphatic heterocycles. The SMILES string of the molecule is C=CCC1CCC2CC1CO2. The van der Waals surface area contributed by atoms with Gasteiger partial charge in [0.2, 0.25) is 0 Å². The van der Waals surface area contributed by atoms with E-state index in [-0.39, 0.29) is 0 Å². The lowest BCUT2D eigenvalue weighted by Gasteiger charge is -2.25. The highest BCUT2D eigenvalue weighted by Gasteiger charge is 2.35. The summed E-state index contributed by atoms with van der Waals surface area (Å²) in [7, 11) is 0. The third-order valence-electron chi connectivity index (χ3n) is 3.11. The van der Waals surface area contributed by atoms with Crippen LogP contribution in [-0.2, 0) is 4.74 Å². The average molecular weight is 152 g/mol. The summed E-state index contributed by atoms with van der Waals surface area (Å²) in [5.74, 6) is 1.73. The van der Waals surface area contributed by atoms with Crippen LogP contribution in [0.25, 0.3) is 0 Å². The quantitative estimate of drug-likeness (QED) is 0.552. The molecule has 0 aromatic carbocycles. The van der Waals surface area contributed by atoms with Gasteiger partial charge < -0.3 is 4.74 Å². The molecule has 0 amide bonds. The Bertz CT molecular complexity index is 153.